The van der Waals surface area contributed by atoms with Crippen LogP contribution in [0.3, 0.4) is 0 Å². The highest BCUT2D eigenvalue weighted by molar-refractivity contribution is 6.44. The number of anilines is 1. The molecule has 0 radical (unpaired) electrons. The maximum absolute atomic E-state index is 13.3. The van der Waals surface area contributed by atoms with E-state index in [-0.39, 0.29) is 28.9 Å². The molecule has 2 aromatic carbocycles. The van der Waals surface area contributed by atoms with Crippen molar-refractivity contribution in [3.63, 3.8) is 0 Å². The summed E-state index contributed by atoms with van der Waals surface area (Å²) in [5, 5.41) is 2.95. The summed E-state index contributed by atoms with van der Waals surface area (Å²) in [6.45, 7) is 1.63. The summed E-state index contributed by atoms with van der Waals surface area (Å²) in [7, 11) is 0. The van der Waals surface area contributed by atoms with Gasteiger partial charge in [0.2, 0.25) is 5.91 Å². The highest BCUT2D eigenvalue weighted by Crippen LogP contribution is 2.42. The lowest BCUT2D eigenvalue weighted by molar-refractivity contribution is -0.149. The molecule has 0 bridgehead atoms. The normalized spacial score (nSPS) is 17.9. The summed E-state index contributed by atoms with van der Waals surface area (Å²) < 4.78 is 5.03. The number of esters is 1. The predicted octanol–water partition coefficient (Wildman–Crippen LogP) is 3.30. The highest BCUT2D eigenvalue weighted by atomic mass is 35.5. The van der Waals surface area contributed by atoms with Crippen LogP contribution in [0.1, 0.15) is 33.2 Å². The number of ether oxygens (including phenoxy) is 1. The maximum atomic E-state index is 13.3. The molecule has 0 saturated heterocycles. The molecule has 2 aromatic rings. The van der Waals surface area contributed by atoms with Crippen LogP contribution < -0.4 is 5.32 Å². The summed E-state index contributed by atoms with van der Waals surface area (Å²) in [5.74, 6) is -4.16. The molecule has 1 amide bonds. The van der Waals surface area contributed by atoms with Crippen LogP contribution in [0.5, 0.6) is 0 Å². The number of carbonyl (C=O) groups is 4. The first-order valence-electron chi connectivity index (χ1n) is 8.64. The van der Waals surface area contributed by atoms with Gasteiger partial charge < -0.3 is 10.1 Å². The fourth-order valence-corrected chi connectivity index (χ4v) is 3.73. The molecule has 0 unspecified atom stereocenters. The van der Waals surface area contributed by atoms with Gasteiger partial charge in [0.05, 0.1) is 6.61 Å². The first-order valence-corrected chi connectivity index (χ1v) is 9.01. The average molecular weight is 396 g/mol. The van der Waals surface area contributed by atoms with Gasteiger partial charge in [-0.2, -0.15) is 0 Å². The van der Waals surface area contributed by atoms with Crippen molar-refractivity contribution in [2.75, 3.05) is 11.9 Å². The van der Waals surface area contributed by atoms with Crippen LogP contribution in [0.4, 0.5) is 5.69 Å². The van der Waals surface area contributed by atoms with Crippen molar-refractivity contribution in [2.24, 2.45) is 5.92 Å². The minimum Gasteiger partial charge on any atom is -0.465 e. The number of benzene rings is 2. The average Bonchev–Trinajstić information content (AvgIpc) is 2.80. The van der Waals surface area contributed by atoms with Crippen molar-refractivity contribution >= 4 is 46.3 Å². The summed E-state index contributed by atoms with van der Waals surface area (Å²) in [6.07, 6.45) is 0. The molecule has 6 nitrogen and oxygen atoms in total. The quantitative estimate of drug-likeness (QED) is 0.622. The minimum atomic E-state index is -1.55. The van der Waals surface area contributed by atoms with Gasteiger partial charge in [-0.05, 0) is 25.1 Å². The summed E-state index contributed by atoms with van der Waals surface area (Å²) in [4.78, 5) is 52.0. The topological polar surface area (TPSA) is 89.5 Å². The predicted molar refractivity (Wildman–Crippen MR) is 102 cm³/mol. The molecule has 0 saturated carbocycles. The molecule has 1 N–H and O–H groups in total. The number of nitrogens with one attached hydrogen (secondary N) is 1. The molecular weight excluding hydrogens is 382 g/mol. The molecule has 28 heavy (non-hydrogen) atoms. The summed E-state index contributed by atoms with van der Waals surface area (Å²) >= 11 is 6.11. The zero-order valence-corrected chi connectivity index (χ0v) is 15.5. The van der Waals surface area contributed by atoms with Crippen LogP contribution in [0.2, 0.25) is 5.02 Å². The Hall–Kier alpha value is -3.25. The third-order valence-corrected chi connectivity index (χ3v) is 4.97. The molecule has 2 aliphatic rings. The fourth-order valence-electron chi connectivity index (χ4n) is 3.56. The van der Waals surface area contributed by atoms with Crippen molar-refractivity contribution in [3.05, 3.63) is 69.8 Å². The summed E-state index contributed by atoms with van der Waals surface area (Å²) in [5.41, 5.74) is 0.788. The van der Waals surface area contributed by atoms with Gasteiger partial charge in [-0.3, -0.25) is 19.2 Å². The molecule has 7 heteroatoms. The Balaban J connectivity index is 2.06. The van der Waals surface area contributed by atoms with E-state index >= 15 is 0 Å². The van der Waals surface area contributed by atoms with Crippen LogP contribution in [0, 0.1) is 5.92 Å². The number of ketones is 2. The zero-order chi connectivity index (χ0) is 20.0. The third kappa shape index (κ3) is 2.65. The van der Waals surface area contributed by atoms with Gasteiger partial charge in [-0.15, -0.1) is 0 Å². The number of allylic oxidation sites excluding steroid dienone is 1. The Morgan fingerprint density at radius 1 is 1.04 bits per heavy atom. The fraction of sp³-hybridized carbons (Fsp3) is 0.143. The van der Waals surface area contributed by atoms with E-state index in [9.17, 15) is 19.2 Å². The second-order valence-electron chi connectivity index (χ2n) is 6.36. The van der Waals surface area contributed by atoms with Crippen molar-refractivity contribution < 1.29 is 23.9 Å². The number of halogens is 1. The maximum Gasteiger partial charge on any atom is 0.323 e. The Morgan fingerprint density at radius 3 is 2.39 bits per heavy atom. The SMILES string of the molecule is CCOC(=O)[C@@H]1C(=O)Nc2ccc(Cl)cc2C2=C1C(=O)c1ccccc1C2=O. The summed E-state index contributed by atoms with van der Waals surface area (Å²) in [6, 6.07) is 10.9. The second kappa shape index (κ2) is 6.73. The van der Waals surface area contributed by atoms with Crippen LogP contribution in [0.25, 0.3) is 5.57 Å². The van der Waals surface area contributed by atoms with Crippen molar-refractivity contribution in [2.45, 2.75) is 6.92 Å². The third-order valence-electron chi connectivity index (χ3n) is 4.74. The lowest BCUT2D eigenvalue weighted by Gasteiger charge is -2.23. The molecule has 1 heterocycles. The Kier molecular flexibility index (Phi) is 4.35. The molecule has 4 rings (SSSR count). The van der Waals surface area contributed by atoms with Crippen molar-refractivity contribution in [3.8, 4) is 0 Å². The number of carbonyl (C=O) groups excluding carboxylic acids is 4. The molecule has 1 aliphatic carbocycles. The van der Waals surface area contributed by atoms with E-state index in [0.717, 1.165) is 0 Å². The molecule has 140 valence electrons. The minimum absolute atomic E-state index is 0.00222. The van der Waals surface area contributed by atoms with Gasteiger partial charge in [0.1, 0.15) is 0 Å². The first-order chi connectivity index (χ1) is 13.4. The number of Topliss-reactive ketones (excluding diaryl/α,β-unsaturated/α-hetero) is 2. The van der Waals surface area contributed by atoms with E-state index in [1.807, 2.05) is 0 Å². The highest BCUT2D eigenvalue weighted by Gasteiger charge is 2.45. The smallest absolute Gasteiger partial charge is 0.323 e. The van der Waals surface area contributed by atoms with Crippen molar-refractivity contribution in [1.29, 1.82) is 0 Å². The van der Waals surface area contributed by atoms with Gasteiger partial charge in [0.25, 0.3) is 0 Å². The molecule has 1 atom stereocenters. The van der Waals surface area contributed by atoms with E-state index in [2.05, 4.69) is 5.32 Å². The van der Waals surface area contributed by atoms with Crippen LogP contribution >= 0.6 is 11.6 Å². The molecule has 0 fully saturated rings. The van der Waals surface area contributed by atoms with E-state index in [1.165, 1.54) is 18.2 Å². The Morgan fingerprint density at radius 2 is 1.71 bits per heavy atom. The lowest BCUT2D eigenvalue weighted by atomic mass is 9.76. The number of rotatable bonds is 2. The monoisotopic (exact) mass is 395 g/mol. The largest absolute Gasteiger partial charge is 0.465 e. The van der Waals surface area contributed by atoms with Gasteiger partial charge >= 0.3 is 5.97 Å². The molecule has 0 aromatic heterocycles. The Bertz CT molecular complexity index is 1100. The van der Waals surface area contributed by atoms with E-state index in [4.69, 9.17) is 16.3 Å². The van der Waals surface area contributed by atoms with Crippen molar-refractivity contribution in [1.82, 2.24) is 0 Å². The van der Waals surface area contributed by atoms with Gasteiger partial charge in [-0.1, -0.05) is 35.9 Å². The van der Waals surface area contributed by atoms with Crippen LogP contribution in [-0.4, -0.2) is 30.0 Å². The standard InChI is InChI=1S/C21H14ClNO5/c1-2-28-21(27)17-16-15(13-9-10(22)7-8-14(13)23-20(17)26)18(24)11-5-3-4-6-12(11)19(16)25/h3-9,17H,2H2,1H3,(H,23,26)/t17-/m0/s1. The first kappa shape index (κ1) is 18.1. The number of hydrogen-bond acceptors (Lipinski definition) is 5. The van der Waals surface area contributed by atoms with Crippen LogP contribution in [-0.2, 0) is 14.3 Å². The molecule has 0 spiro atoms. The molecule has 1 aliphatic heterocycles. The van der Waals surface area contributed by atoms with E-state index in [0.29, 0.717) is 16.3 Å². The lowest BCUT2D eigenvalue weighted by Crippen LogP contribution is -2.36. The van der Waals surface area contributed by atoms with Gasteiger partial charge in [0.15, 0.2) is 17.5 Å². The number of fused-ring (bicyclic) bond motifs is 3. The van der Waals surface area contributed by atoms with Crippen LogP contribution in [0.15, 0.2) is 48.0 Å². The molecular formula is C21H14ClNO5. The second-order valence-corrected chi connectivity index (χ2v) is 6.79. The number of amides is 1. The van der Waals surface area contributed by atoms with E-state index in [1.54, 1.807) is 31.2 Å². The van der Waals surface area contributed by atoms with Gasteiger partial charge in [0, 0.05) is 38.5 Å². The Labute approximate surface area is 165 Å². The van der Waals surface area contributed by atoms with E-state index < -0.39 is 29.4 Å². The van der Waals surface area contributed by atoms with Gasteiger partial charge in [-0.25, -0.2) is 0 Å². The number of hydrogen-bond donors (Lipinski definition) is 1. The zero-order valence-electron chi connectivity index (χ0n) is 14.7.